The molecular weight excluding hydrogens is 251 g/mol. The quantitative estimate of drug-likeness (QED) is 0.863. The van der Waals surface area contributed by atoms with Gasteiger partial charge in [0.05, 0.1) is 18.4 Å². The third-order valence-electron chi connectivity index (χ3n) is 2.06. The van der Waals surface area contributed by atoms with E-state index >= 15 is 0 Å². The van der Waals surface area contributed by atoms with Crippen LogP contribution in [-0.4, -0.2) is 32.1 Å². The van der Waals surface area contributed by atoms with Gasteiger partial charge < -0.3 is 9.84 Å². The van der Waals surface area contributed by atoms with E-state index in [1.54, 1.807) is 0 Å². The van der Waals surface area contributed by atoms with Crippen molar-refractivity contribution in [1.82, 2.24) is 0 Å². The molecule has 1 aromatic carbocycles. The number of carboxylic acids is 1. The number of carbonyl (C=O) groups is 1. The maximum atomic E-state index is 13.3. The summed E-state index contributed by atoms with van der Waals surface area (Å²) in [6.07, 6.45) is -1.08. The van der Waals surface area contributed by atoms with Gasteiger partial charge >= 0.3 is 5.97 Å². The van der Waals surface area contributed by atoms with Crippen molar-refractivity contribution < 1.29 is 27.4 Å². The Labute approximate surface area is 97.8 Å². The van der Waals surface area contributed by atoms with Crippen molar-refractivity contribution in [1.29, 1.82) is 0 Å². The topological polar surface area (TPSA) is 80.7 Å². The molecule has 0 spiro atoms. The summed E-state index contributed by atoms with van der Waals surface area (Å²) in [4.78, 5) is 9.99. The third-order valence-corrected chi connectivity index (χ3v) is 3.83. The molecule has 7 heteroatoms. The summed E-state index contributed by atoms with van der Waals surface area (Å²) < 4.78 is 41.3. The maximum absolute atomic E-state index is 13.3. The van der Waals surface area contributed by atoms with Gasteiger partial charge in [-0.3, -0.25) is 4.79 Å². The van der Waals surface area contributed by atoms with Crippen LogP contribution < -0.4 is 4.74 Å². The monoisotopic (exact) mass is 262 g/mol. The fraction of sp³-hybridized carbons (Fsp3) is 0.300. The molecule has 5 nitrogen and oxygen atoms in total. The highest BCUT2D eigenvalue weighted by Crippen LogP contribution is 2.22. The van der Waals surface area contributed by atoms with Crippen molar-refractivity contribution in [3.8, 4) is 5.75 Å². The zero-order chi connectivity index (χ0) is 13.1. The van der Waals surface area contributed by atoms with Gasteiger partial charge in [-0.15, -0.1) is 0 Å². The molecule has 0 bridgehead atoms. The Hall–Kier alpha value is -1.63. The third kappa shape index (κ3) is 3.16. The van der Waals surface area contributed by atoms with E-state index in [2.05, 4.69) is 0 Å². The Morgan fingerprint density at radius 2 is 1.94 bits per heavy atom. The normalized spacial score (nSPS) is 13.1. The van der Waals surface area contributed by atoms with Gasteiger partial charge in [0.15, 0.2) is 0 Å². The van der Waals surface area contributed by atoms with E-state index in [1.807, 2.05) is 0 Å². The van der Waals surface area contributed by atoms with Gasteiger partial charge in [-0.1, -0.05) is 0 Å². The summed E-state index contributed by atoms with van der Waals surface area (Å²) >= 11 is 0. The largest absolute Gasteiger partial charge is 0.497 e. The minimum Gasteiger partial charge on any atom is -0.497 e. The fourth-order valence-electron chi connectivity index (χ4n) is 1.16. The minimum atomic E-state index is -4.26. The molecule has 94 valence electrons. The zero-order valence-corrected chi connectivity index (χ0v) is 9.78. The fourth-order valence-corrected chi connectivity index (χ4v) is 2.33. The first-order valence-electron chi connectivity index (χ1n) is 4.61. The Balaban J connectivity index is 3.00. The van der Waals surface area contributed by atoms with Crippen LogP contribution in [0.5, 0.6) is 5.75 Å². The van der Waals surface area contributed by atoms with Crippen molar-refractivity contribution in [2.75, 3.05) is 7.11 Å². The summed E-state index contributed by atoms with van der Waals surface area (Å²) in [7, 11) is -2.85. The number of hydrogen-bond acceptors (Lipinski definition) is 4. The second kappa shape index (κ2) is 5.13. The van der Waals surface area contributed by atoms with Gasteiger partial charge in [-0.2, -0.15) is 0 Å². The molecule has 17 heavy (non-hydrogen) atoms. The van der Waals surface area contributed by atoms with Gasteiger partial charge in [0.2, 0.25) is 15.3 Å². The predicted molar refractivity (Wildman–Crippen MR) is 57.3 cm³/mol. The standard InChI is InChI=1S/C10H11FO5S/c1-16-7-2-4-8(5-3-7)17(14,15)9(11)6-10(12)13/h2-5,9H,6H2,1H3,(H,12,13). The molecule has 0 aliphatic rings. The highest BCUT2D eigenvalue weighted by atomic mass is 32.2. The molecular formula is C10H11FO5S. The van der Waals surface area contributed by atoms with Gasteiger partial charge in [0.1, 0.15) is 5.75 Å². The molecule has 0 aliphatic heterocycles. The van der Waals surface area contributed by atoms with E-state index in [0.717, 1.165) is 0 Å². The number of sulfone groups is 1. The van der Waals surface area contributed by atoms with Crippen LogP contribution in [0.25, 0.3) is 0 Å². The second-order valence-corrected chi connectivity index (χ2v) is 5.30. The number of methoxy groups -OCH3 is 1. The van der Waals surface area contributed by atoms with Crippen LogP contribution in [-0.2, 0) is 14.6 Å². The molecule has 0 aromatic heterocycles. The summed E-state index contributed by atoms with van der Waals surface area (Å²) in [5.74, 6) is -1.08. The molecule has 0 aliphatic carbocycles. The lowest BCUT2D eigenvalue weighted by Crippen LogP contribution is -2.20. The molecule has 1 atom stereocenters. The van der Waals surface area contributed by atoms with Crippen LogP contribution >= 0.6 is 0 Å². The SMILES string of the molecule is COc1ccc(S(=O)(=O)C(F)CC(=O)O)cc1. The number of aliphatic carboxylic acids is 1. The van der Waals surface area contributed by atoms with E-state index in [9.17, 15) is 17.6 Å². The summed E-state index contributed by atoms with van der Waals surface area (Å²) in [6, 6.07) is 5.06. The number of rotatable bonds is 5. The highest BCUT2D eigenvalue weighted by molar-refractivity contribution is 7.92. The number of carboxylic acid groups (broad SMARTS) is 1. The Morgan fingerprint density at radius 3 is 2.35 bits per heavy atom. The van der Waals surface area contributed by atoms with Gasteiger partial charge in [0, 0.05) is 0 Å². The minimum absolute atomic E-state index is 0.271. The molecule has 1 N–H and O–H groups in total. The van der Waals surface area contributed by atoms with Crippen molar-refractivity contribution in [3.63, 3.8) is 0 Å². The number of halogens is 1. The number of benzene rings is 1. The predicted octanol–water partition coefficient (Wildman–Crippen LogP) is 1.24. The average Bonchev–Trinajstić information content (AvgIpc) is 2.28. The van der Waals surface area contributed by atoms with Crippen LogP contribution in [0.15, 0.2) is 29.2 Å². The van der Waals surface area contributed by atoms with Crippen LogP contribution in [0.2, 0.25) is 0 Å². The summed E-state index contributed by atoms with van der Waals surface area (Å²) in [5.41, 5.74) is -2.45. The molecule has 1 rings (SSSR count). The van der Waals surface area contributed by atoms with Crippen LogP contribution in [0.3, 0.4) is 0 Å². The first kappa shape index (κ1) is 13.4. The first-order valence-corrected chi connectivity index (χ1v) is 6.16. The molecule has 1 aromatic rings. The number of ether oxygens (including phenoxy) is 1. The van der Waals surface area contributed by atoms with Gasteiger partial charge in [-0.05, 0) is 24.3 Å². The lowest BCUT2D eigenvalue weighted by Gasteiger charge is -2.08. The van der Waals surface area contributed by atoms with E-state index < -0.39 is 27.7 Å². The number of hydrogen-bond donors (Lipinski definition) is 1. The summed E-state index contributed by atoms with van der Waals surface area (Å²) in [6.45, 7) is 0. The Morgan fingerprint density at radius 1 is 1.41 bits per heavy atom. The Kier molecular flexibility index (Phi) is 4.06. The molecule has 0 saturated carbocycles. The lowest BCUT2D eigenvalue weighted by atomic mass is 10.3. The van der Waals surface area contributed by atoms with Crippen molar-refractivity contribution >= 4 is 15.8 Å². The van der Waals surface area contributed by atoms with E-state index in [1.165, 1.54) is 31.4 Å². The Bertz CT molecular complexity index is 494. The van der Waals surface area contributed by atoms with E-state index in [-0.39, 0.29) is 4.90 Å². The molecule has 0 radical (unpaired) electrons. The summed E-state index contributed by atoms with van der Waals surface area (Å²) in [5, 5.41) is 8.35. The van der Waals surface area contributed by atoms with Gasteiger partial charge in [-0.25, -0.2) is 12.8 Å². The van der Waals surface area contributed by atoms with Crippen LogP contribution in [0.1, 0.15) is 6.42 Å². The van der Waals surface area contributed by atoms with E-state index in [4.69, 9.17) is 9.84 Å². The maximum Gasteiger partial charge on any atom is 0.307 e. The molecule has 0 saturated heterocycles. The zero-order valence-electron chi connectivity index (χ0n) is 8.96. The van der Waals surface area contributed by atoms with E-state index in [0.29, 0.717) is 5.75 Å². The molecule has 0 fully saturated rings. The highest BCUT2D eigenvalue weighted by Gasteiger charge is 2.29. The smallest absolute Gasteiger partial charge is 0.307 e. The van der Waals surface area contributed by atoms with Crippen molar-refractivity contribution in [2.45, 2.75) is 16.8 Å². The molecule has 1 unspecified atom stereocenters. The van der Waals surface area contributed by atoms with Crippen LogP contribution in [0, 0.1) is 0 Å². The first-order chi connectivity index (χ1) is 7.87. The lowest BCUT2D eigenvalue weighted by molar-refractivity contribution is -0.137. The van der Waals surface area contributed by atoms with Crippen molar-refractivity contribution in [3.05, 3.63) is 24.3 Å². The second-order valence-electron chi connectivity index (χ2n) is 3.23. The van der Waals surface area contributed by atoms with Crippen LogP contribution in [0.4, 0.5) is 4.39 Å². The number of alkyl halides is 1. The molecule has 0 amide bonds. The van der Waals surface area contributed by atoms with Crippen molar-refractivity contribution in [2.24, 2.45) is 0 Å². The molecule has 0 heterocycles. The average molecular weight is 262 g/mol. The van der Waals surface area contributed by atoms with Gasteiger partial charge in [0.25, 0.3) is 0 Å².